The number of hydrogen-bond acceptors (Lipinski definition) is 6. The highest BCUT2D eigenvalue weighted by Crippen LogP contribution is 2.24. The normalized spacial score (nSPS) is 11.2. The Kier molecular flexibility index (Phi) is 4.94. The lowest BCUT2D eigenvalue weighted by Gasteiger charge is -2.05. The van der Waals surface area contributed by atoms with Crippen molar-refractivity contribution in [1.82, 2.24) is 34.7 Å². The number of alkyl halides is 2. The van der Waals surface area contributed by atoms with Gasteiger partial charge in [-0.15, -0.1) is 5.10 Å². The predicted octanol–water partition coefficient (Wildman–Crippen LogP) is 3.11. The molecule has 0 amide bonds. The van der Waals surface area contributed by atoms with E-state index in [1.807, 2.05) is 19.3 Å². The fourth-order valence-corrected chi connectivity index (χ4v) is 2.56. The SMILES string of the molecule is Cn1ccc(-c2cnc(OCc3cn(-c4ccc(F)c(C(F)F)c4)nn3)nc2)n1. The van der Waals surface area contributed by atoms with E-state index in [1.165, 1.54) is 16.9 Å². The molecule has 8 nitrogen and oxygen atoms in total. The molecule has 4 rings (SSSR count). The highest BCUT2D eigenvalue weighted by Gasteiger charge is 2.15. The summed E-state index contributed by atoms with van der Waals surface area (Å²) in [5, 5.41) is 12.0. The fourth-order valence-electron chi connectivity index (χ4n) is 2.56. The van der Waals surface area contributed by atoms with Gasteiger partial charge in [-0.05, 0) is 24.3 Å². The fraction of sp³-hybridized carbons (Fsp3) is 0.167. The van der Waals surface area contributed by atoms with Crippen LogP contribution in [0.4, 0.5) is 13.2 Å². The van der Waals surface area contributed by atoms with E-state index in [9.17, 15) is 13.2 Å². The zero-order valence-corrected chi connectivity index (χ0v) is 15.1. The van der Waals surface area contributed by atoms with E-state index in [0.717, 1.165) is 23.4 Å². The van der Waals surface area contributed by atoms with Gasteiger partial charge in [0.05, 0.1) is 23.1 Å². The van der Waals surface area contributed by atoms with Crippen LogP contribution in [0, 0.1) is 5.82 Å². The van der Waals surface area contributed by atoms with Gasteiger partial charge in [0.2, 0.25) is 0 Å². The van der Waals surface area contributed by atoms with Gasteiger partial charge in [-0.3, -0.25) is 4.68 Å². The second kappa shape index (κ2) is 7.70. The van der Waals surface area contributed by atoms with Crippen molar-refractivity contribution in [3.63, 3.8) is 0 Å². The molecule has 11 heteroatoms. The highest BCUT2D eigenvalue weighted by molar-refractivity contribution is 5.55. The molecular formula is C18H14F3N7O. The summed E-state index contributed by atoms with van der Waals surface area (Å²) in [6.07, 6.45) is 3.56. The van der Waals surface area contributed by atoms with E-state index in [4.69, 9.17) is 4.74 Å². The largest absolute Gasteiger partial charge is 0.457 e. The summed E-state index contributed by atoms with van der Waals surface area (Å²) < 4.78 is 47.5. The van der Waals surface area contributed by atoms with Crippen LogP contribution in [0.25, 0.3) is 16.9 Å². The number of benzene rings is 1. The Morgan fingerprint density at radius 1 is 1.14 bits per heavy atom. The molecule has 3 aromatic heterocycles. The Morgan fingerprint density at radius 2 is 1.93 bits per heavy atom. The first-order valence-corrected chi connectivity index (χ1v) is 8.43. The van der Waals surface area contributed by atoms with E-state index in [2.05, 4.69) is 25.4 Å². The third-order valence-corrected chi connectivity index (χ3v) is 4.01. The van der Waals surface area contributed by atoms with Crippen LogP contribution in [0.2, 0.25) is 0 Å². The number of ether oxygens (including phenoxy) is 1. The zero-order valence-electron chi connectivity index (χ0n) is 15.1. The van der Waals surface area contributed by atoms with Gasteiger partial charge < -0.3 is 4.74 Å². The second-order valence-corrected chi connectivity index (χ2v) is 6.08. The lowest BCUT2D eigenvalue weighted by atomic mass is 10.2. The molecule has 0 fully saturated rings. The van der Waals surface area contributed by atoms with Gasteiger partial charge in [0.1, 0.15) is 18.1 Å². The number of halogens is 3. The minimum absolute atomic E-state index is 0.0197. The van der Waals surface area contributed by atoms with Crippen molar-refractivity contribution in [1.29, 1.82) is 0 Å². The van der Waals surface area contributed by atoms with E-state index >= 15 is 0 Å². The first-order chi connectivity index (χ1) is 14.0. The molecule has 0 unspecified atom stereocenters. The van der Waals surface area contributed by atoms with Crippen molar-refractivity contribution in [3.8, 4) is 23.0 Å². The Labute approximate surface area is 162 Å². The molecule has 148 valence electrons. The van der Waals surface area contributed by atoms with Crippen molar-refractivity contribution < 1.29 is 17.9 Å². The van der Waals surface area contributed by atoms with Crippen molar-refractivity contribution in [3.05, 3.63) is 66.1 Å². The summed E-state index contributed by atoms with van der Waals surface area (Å²) in [5.74, 6) is -0.973. The van der Waals surface area contributed by atoms with Crippen LogP contribution in [-0.2, 0) is 13.7 Å². The quantitative estimate of drug-likeness (QED) is 0.494. The number of aryl methyl sites for hydroxylation is 1. The van der Waals surface area contributed by atoms with Gasteiger partial charge in [-0.2, -0.15) is 5.10 Å². The van der Waals surface area contributed by atoms with Crippen LogP contribution in [0.1, 0.15) is 17.7 Å². The average Bonchev–Trinajstić information content (AvgIpc) is 3.36. The lowest BCUT2D eigenvalue weighted by Crippen LogP contribution is -2.00. The molecule has 3 heterocycles. The summed E-state index contributed by atoms with van der Waals surface area (Å²) in [6, 6.07) is 5.30. The minimum Gasteiger partial charge on any atom is -0.457 e. The minimum atomic E-state index is -2.92. The van der Waals surface area contributed by atoms with Crippen LogP contribution in [0.5, 0.6) is 6.01 Å². The Balaban J connectivity index is 1.43. The standard InChI is InChI=1S/C18H14F3N7O/c1-27-5-4-16(25-27)11-7-22-18(23-8-11)29-10-12-9-28(26-24-12)13-2-3-15(19)14(6-13)17(20)21/h2-9,17H,10H2,1H3. The van der Waals surface area contributed by atoms with Gasteiger partial charge in [0, 0.05) is 31.2 Å². The van der Waals surface area contributed by atoms with Crippen LogP contribution in [0.15, 0.2) is 49.1 Å². The topological polar surface area (TPSA) is 83.5 Å². The van der Waals surface area contributed by atoms with E-state index in [-0.39, 0.29) is 18.3 Å². The average molecular weight is 401 g/mol. The van der Waals surface area contributed by atoms with Crippen molar-refractivity contribution in [2.75, 3.05) is 0 Å². The van der Waals surface area contributed by atoms with Crippen LogP contribution in [0.3, 0.4) is 0 Å². The molecule has 0 aliphatic heterocycles. The Bertz CT molecular complexity index is 1120. The third-order valence-electron chi connectivity index (χ3n) is 4.01. The van der Waals surface area contributed by atoms with Crippen LogP contribution in [-0.4, -0.2) is 34.7 Å². The van der Waals surface area contributed by atoms with Crippen molar-refractivity contribution in [2.24, 2.45) is 7.05 Å². The molecule has 0 aliphatic rings. The van der Waals surface area contributed by atoms with Gasteiger partial charge in [0.25, 0.3) is 6.43 Å². The lowest BCUT2D eigenvalue weighted by molar-refractivity contribution is 0.146. The summed E-state index contributed by atoms with van der Waals surface area (Å²) in [6.45, 7) is 0.0197. The van der Waals surface area contributed by atoms with E-state index in [0.29, 0.717) is 5.69 Å². The monoisotopic (exact) mass is 401 g/mol. The maximum atomic E-state index is 13.4. The molecule has 0 bridgehead atoms. The Hall–Kier alpha value is -3.76. The molecule has 0 spiro atoms. The summed E-state index contributed by atoms with van der Waals surface area (Å²) in [4.78, 5) is 8.24. The molecule has 0 saturated carbocycles. The number of hydrogen-bond donors (Lipinski definition) is 0. The predicted molar refractivity (Wildman–Crippen MR) is 94.8 cm³/mol. The van der Waals surface area contributed by atoms with Gasteiger partial charge in [-0.1, -0.05) is 5.21 Å². The second-order valence-electron chi connectivity index (χ2n) is 6.08. The smallest absolute Gasteiger partial charge is 0.316 e. The number of aromatic nitrogens is 7. The number of rotatable bonds is 6. The van der Waals surface area contributed by atoms with E-state index in [1.54, 1.807) is 17.1 Å². The summed E-state index contributed by atoms with van der Waals surface area (Å²) in [7, 11) is 1.81. The molecule has 0 saturated heterocycles. The van der Waals surface area contributed by atoms with Crippen LogP contribution >= 0.6 is 0 Å². The highest BCUT2D eigenvalue weighted by atomic mass is 19.3. The molecule has 0 atom stereocenters. The molecule has 29 heavy (non-hydrogen) atoms. The van der Waals surface area contributed by atoms with Gasteiger partial charge in [-0.25, -0.2) is 27.8 Å². The molecule has 1 aromatic carbocycles. The molecule has 4 aromatic rings. The zero-order chi connectivity index (χ0) is 20.4. The van der Waals surface area contributed by atoms with E-state index < -0.39 is 17.8 Å². The van der Waals surface area contributed by atoms with Crippen LogP contribution < -0.4 is 4.74 Å². The Morgan fingerprint density at radius 3 is 2.62 bits per heavy atom. The molecule has 0 radical (unpaired) electrons. The van der Waals surface area contributed by atoms with Gasteiger partial charge >= 0.3 is 6.01 Å². The van der Waals surface area contributed by atoms with Gasteiger partial charge in [0.15, 0.2) is 0 Å². The molecule has 0 N–H and O–H groups in total. The maximum Gasteiger partial charge on any atom is 0.316 e. The first kappa shape index (κ1) is 18.6. The molecule has 0 aliphatic carbocycles. The summed E-state index contributed by atoms with van der Waals surface area (Å²) in [5.41, 5.74) is 1.47. The third kappa shape index (κ3) is 4.08. The maximum absolute atomic E-state index is 13.4. The van der Waals surface area contributed by atoms with Crippen molar-refractivity contribution >= 4 is 0 Å². The first-order valence-electron chi connectivity index (χ1n) is 8.43. The number of nitrogens with zero attached hydrogens (tertiary/aromatic N) is 7. The summed E-state index contributed by atoms with van der Waals surface area (Å²) >= 11 is 0. The van der Waals surface area contributed by atoms with Crippen molar-refractivity contribution in [2.45, 2.75) is 13.0 Å². The molecular weight excluding hydrogens is 387 g/mol.